The number of rotatable bonds is 4. The molecule has 1 nitrogen and oxygen atoms in total. The summed E-state index contributed by atoms with van der Waals surface area (Å²) < 4.78 is 278. The fraction of sp³-hybridized carbons (Fsp3) is 0. The zero-order valence-electron chi connectivity index (χ0n) is 54.4. The Morgan fingerprint density at radius 1 is 0.327 bits per heavy atom. The van der Waals surface area contributed by atoms with Gasteiger partial charge in [-0.3, -0.25) is 0 Å². The van der Waals surface area contributed by atoms with E-state index in [0.29, 0.717) is 0 Å². The van der Waals surface area contributed by atoms with Gasteiger partial charge in [0.15, 0.2) is 0 Å². The van der Waals surface area contributed by atoms with Crippen molar-refractivity contribution in [2.45, 2.75) is 0 Å². The van der Waals surface area contributed by atoms with E-state index in [0.717, 1.165) is 0 Å². The van der Waals surface area contributed by atoms with E-state index in [1.54, 1.807) is 0 Å². The van der Waals surface area contributed by atoms with E-state index in [4.69, 9.17) is 29.1 Å². The molecule has 10 aromatic rings. The molecule has 0 amide bonds. The number of benzene rings is 9. The first-order chi connectivity index (χ1) is 36.8. The monoisotopic (exact) mass is 652 g/mol. The fourth-order valence-electron chi connectivity index (χ4n) is 5.89. The number of furan rings is 1. The minimum absolute atomic E-state index is 0.499. The van der Waals surface area contributed by atoms with E-state index in [-0.39, 0.29) is 0 Å². The minimum Gasteiger partial charge on any atom is -0.456 e. The molecule has 1 heteroatoms. The van der Waals surface area contributed by atoms with Crippen molar-refractivity contribution in [3.8, 4) is 44.5 Å². The predicted octanol–water partition coefficient (Wildman–Crippen LogP) is 13.7. The Kier molecular flexibility index (Phi) is 2.50. The Bertz CT molecular complexity index is 4490. The van der Waals surface area contributed by atoms with Crippen LogP contribution in [0.4, 0.5) is 0 Å². The van der Waals surface area contributed by atoms with Crippen molar-refractivity contribution >= 4 is 54.3 Å². The molecule has 228 valence electrons. The molecule has 0 spiro atoms. The summed E-state index contributed by atoms with van der Waals surface area (Å²) in [6.07, 6.45) is 0. The Balaban J connectivity index is 1.55. The van der Waals surface area contributed by atoms with E-state index in [1.807, 2.05) is 0 Å². The van der Waals surface area contributed by atoms with Gasteiger partial charge in [-0.05, 0) is 107 Å². The van der Waals surface area contributed by atoms with Gasteiger partial charge < -0.3 is 4.42 Å². The topological polar surface area (TPSA) is 13.1 Å². The molecule has 0 saturated carbocycles. The molecule has 0 radical (unpaired) electrons. The van der Waals surface area contributed by atoms with Gasteiger partial charge in [0.1, 0.15) is 11.2 Å². The summed E-state index contributed by atoms with van der Waals surface area (Å²) in [6.45, 7) is 0. The molecular weight excluding hydrogens is 593 g/mol. The van der Waals surface area contributed by atoms with Gasteiger partial charge in [-0.25, -0.2) is 0 Å². The Morgan fingerprint density at radius 3 is 1.63 bits per heavy atom. The van der Waals surface area contributed by atoms with Gasteiger partial charge in [0.25, 0.3) is 0 Å². The number of fused-ring (bicyclic) bond motifs is 6. The van der Waals surface area contributed by atoms with E-state index >= 15 is 0 Å². The standard InChI is InChI=1S/C48H30O/c1-2-14-31(15-3-1)35-29-32-16-4-5-19-36(32)43(30-35)47-40-22-8-6-20-38(40)46(39-21-7-9-23-41(39)47)34-18-12-17-33(28-34)37-25-13-27-45-48(37)42-24-10-11-26-44(42)49-45/h1-30H/i1D,2D,3D,4D,5D,6D,7D,8D,9D,10D,11D,12D,13D,14D,15D,16D,17D,18D,19D,20D,21D,22D,23D,24D,25D,26D,27D,28D,29D,30D. The highest BCUT2D eigenvalue weighted by atomic mass is 16.3. The molecule has 1 aromatic heterocycles. The van der Waals surface area contributed by atoms with Gasteiger partial charge >= 0.3 is 0 Å². The van der Waals surface area contributed by atoms with Crippen molar-refractivity contribution in [3.63, 3.8) is 0 Å². The first kappa shape index (κ1) is 11.1. The summed E-state index contributed by atoms with van der Waals surface area (Å²) in [7, 11) is 0. The molecule has 10 rings (SSSR count). The molecule has 0 aliphatic rings. The SMILES string of the molecule is [2H]c1c([2H])c([2H])c(-c2c([2H])c(-c3c4c([2H])c([2H])c([2H])c([2H])c4c(-c4c([2H])c([2H])c([2H])c(-c5c([2H])c([2H])c([2H])c6oc7c([2H])c([2H])c([2H])c([2H])c7c56)c4[2H])c4c([2H])c([2H])c([2H])c([2H])c34)c3c([2H])c([2H])c([2H])c([2H])c3c2[2H])c([2H])c1[2H]. The Hall–Kier alpha value is -6.44. The minimum atomic E-state index is -1.12. The summed E-state index contributed by atoms with van der Waals surface area (Å²) in [5, 5.41) is -6.05. The van der Waals surface area contributed by atoms with Gasteiger partial charge in [-0.2, -0.15) is 0 Å². The number of para-hydroxylation sites is 1. The maximum Gasteiger partial charge on any atom is 0.136 e. The molecule has 0 N–H and O–H groups in total. The van der Waals surface area contributed by atoms with Crippen LogP contribution in [0.3, 0.4) is 0 Å². The third-order valence-corrected chi connectivity index (χ3v) is 7.89. The maximum absolute atomic E-state index is 10.0. The van der Waals surface area contributed by atoms with Crippen LogP contribution < -0.4 is 0 Å². The van der Waals surface area contributed by atoms with Crippen molar-refractivity contribution in [1.29, 1.82) is 0 Å². The highest BCUT2D eigenvalue weighted by molar-refractivity contribution is 6.24. The van der Waals surface area contributed by atoms with Crippen LogP contribution in [0.2, 0.25) is 0 Å². The molecule has 0 atom stereocenters. The third kappa shape index (κ3) is 4.40. The van der Waals surface area contributed by atoms with E-state index in [9.17, 15) is 16.4 Å². The molecule has 0 fully saturated rings. The number of hydrogen-bond acceptors (Lipinski definition) is 1. The summed E-state index contributed by atoms with van der Waals surface area (Å²) in [6, 6.07) is -30.1. The first-order valence-electron chi connectivity index (χ1n) is 29.4. The fourth-order valence-corrected chi connectivity index (χ4v) is 5.89. The highest BCUT2D eigenvalue weighted by Crippen LogP contribution is 2.47. The molecule has 9 aromatic carbocycles. The zero-order valence-corrected chi connectivity index (χ0v) is 24.4. The van der Waals surface area contributed by atoms with Crippen molar-refractivity contribution in [1.82, 2.24) is 0 Å². The van der Waals surface area contributed by atoms with Crippen molar-refractivity contribution in [2.75, 3.05) is 0 Å². The zero-order chi connectivity index (χ0) is 58.4. The molecular formula is C48H30O. The van der Waals surface area contributed by atoms with Crippen LogP contribution in [-0.2, 0) is 0 Å². The van der Waals surface area contributed by atoms with Crippen LogP contribution in [0.25, 0.3) is 98.8 Å². The average Bonchev–Trinajstić information content (AvgIpc) is 3.09. The van der Waals surface area contributed by atoms with Crippen LogP contribution >= 0.6 is 0 Å². The molecule has 0 aliphatic heterocycles. The van der Waals surface area contributed by atoms with Crippen LogP contribution in [0.1, 0.15) is 41.1 Å². The van der Waals surface area contributed by atoms with E-state index in [1.165, 1.54) is 0 Å². The van der Waals surface area contributed by atoms with E-state index in [2.05, 4.69) is 0 Å². The van der Waals surface area contributed by atoms with Gasteiger partial charge in [0.2, 0.25) is 0 Å². The van der Waals surface area contributed by atoms with Crippen molar-refractivity contribution in [2.24, 2.45) is 0 Å². The van der Waals surface area contributed by atoms with Gasteiger partial charge in [0, 0.05) is 10.8 Å². The molecule has 0 unspecified atom stereocenters. The second kappa shape index (κ2) is 11.1. The molecule has 1 heterocycles. The second-order valence-electron chi connectivity index (χ2n) is 10.5. The van der Waals surface area contributed by atoms with Crippen molar-refractivity contribution in [3.05, 3.63) is 181 Å². The lowest BCUT2D eigenvalue weighted by Gasteiger charge is -2.20. The number of hydrogen-bond donors (Lipinski definition) is 0. The second-order valence-corrected chi connectivity index (χ2v) is 10.5. The lowest BCUT2D eigenvalue weighted by Crippen LogP contribution is -1.93. The van der Waals surface area contributed by atoms with Crippen molar-refractivity contribution < 1.29 is 45.5 Å². The van der Waals surface area contributed by atoms with Crippen LogP contribution in [0.15, 0.2) is 186 Å². The molecule has 0 bridgehead atoms. The summed E-state index contributed by atoms with van der Waals surface area (Å²) >= 11 is 0. The Morgan fingerprint density at radius 2 is 0.878 bits per heavy atom. The smallest absolute Gasteiger partial charge is 0.136 e. The van der Waals surface area contributed by atoms with Gasteiger partial charge in [0.05, 0.1) is 41.1 Å². The summed E-state index contributed by atoms with van der Waals surface area (Å²) in [5.74, 6) is 0. The largest absolute Gasteiger partial charge is 0.456 e. The lowest BCUT2D eigenvalue weighted by molar-refractivity contribution is 0.669. The summed E-state index contributed by atoms with van der Waals surface area (Å²) in [4.78, 5) is 0. The van der Waals surface area contributed by atoms with Gasteiger partial charge in [-0.1, -0.05) is 151 Å². The quantitative estimate of drug-likeness (QED) is 0.172. The highest BCUT2D eigenvalue weighted by Gasteiger charge is 2.20. The lowest BCUT2D eigenvalue weighted by atomic mass is 9.83. The maximum atomic E-state index is 10.0. The molecule has 49 heavy (non-hydrogen) atoms. The molecule has 0 saturated heterocycles. The van der Waals surface area contributed by atoms with Crippen LogP contribution in [-0.4, -0.2) is 0 Å². The van der Waals surface area contributed by atoms with Crippen LogP contribution in [0, 0.1) is 0 Å². The average molecular weight is 653 g/mol. The Labute approximate surface area is 326 Å². The van der Waals surface area contributed by atoms with E-state index < -0.39 is 280 Å². The van der Waals surface area contributed by atoms with Gasteiger partial charge in [-0.15, -0.1) is 0 Å². The summed E-state index contributed by atoms with van der Waals surface area (Å²) in [5.41, 5.74) is -8.10. The molecule has 0 aliphatic carbocycles. The van der Waals surface area contributed by atoms with Crippen LogP contribution in [0.5, 0.6) is 0 Å². The normalized spacial score (nSPS) is 20.2. The first-order valence-corrected chi connectivity index (χ1v) is 14.4. The predicted molar refractivity (Wildman–Crippen MR) is 208 cm³/mol. The third-order valence-electron chi connectivity index (χ3n) is 7.89.